The lowest BCUT2D eigenvalue weighted by Crippen LogP contribution is -2.30. The van der Waals surface area contributed by atoms with Crippen LogP contribution in [0.5, 0.6) is 5.75 Å². The molecule has 8 heteroatoms. The smallest absolute Gasteiger partial charge is 0.406 e. The molecule has 2 N–H and O–H groups in total. The summed E-state index contributed by atoms with van der Waals surface area (Å²) in [5, 5.41) is 6.42. The summed E-state index contributed by atoms with van der Waals surface area (Å²) in [5.41, 5.74) is 7.88. The zero-order valence-corrected chi connectivity index (χ0v) is 21.4. The lowest BCUT2D eigenvalue weighted by atomic mass is 9.91. The van der Waals surface area contributed by atoms with Gasteiger partial charge >= 0.3 is 12.4 Å². The van der Waals surface area contributed by atoms with Crippen molar-refractivity contribution in [2.75, 3.05) is 5.32 Å². The van der Waals surface area contributed by atoms with Crippen LogP contribution in [0.4, 0.5) is 23.7 Å². The van der Waals surface area contributed by atoms with Gasteiger partial charge in [-0.25, -0.2) is 4.79 Å². The van der Waals surface area contributed by atoms with E-state index in [1.165, 1.54) is 23.3 Å². The number of alkyl halides is 3. The highest BCUT2D eigenvalue weighted by Gasteiger charge is 2.31. The van der Waals surface area contributed by atoms with Gasteiger partial charge < -0.3 is 20.3 Å². The minimum atomic E-state index is -4.74. The predicted molar refractivity (Wildman–Crippen MR) is 147 cm³/mol. The molecule has 0 radical (unpaired) electrons. The van der Waals surface area contributed by atoms with Crippen molar-refractivity contribution in [1.29, 1.82) is 0 Å². The summed E-state index contributed by atoms with van der Waals surface area (Å²) in [5.74, 6) is -0.328. The van der Waals surface area contributed by atoms with Gasteiger partial charge in [-0.3, -0.25) is 0 Å². The van der Waals surface area contributed by atoms with Gasteiger partial charge in [0.2, 0.25) is 0 Å². The molecule has 1 atom stereocenters. The zero-order chi connectivity index (χ0) is 27.7. The van der Waals surface area contributed by atoms with Crippen LogP contribution in [-0.2, 0) is 19.6 Å². The summed E-state index contributed by atoms with van der Waals surface area (Å²) in [6, 6.07) is 29.7. The molecule has 6 rings (SSSR count). The van der Waals surface area contributed by atoms with Gasteiger partial charge in [-0.1, -0.05) is 72.8 Å². The molecule has 5 nitrogen and oxygen atoms in total. The molecule has 0 aromatic heterocycles. The number of halogens is 3. The number of nitrogens with one attached hydrogen (secondary N) is 2. The minimum Gasteiger partial charge on any atom is -0.406 e. The van der Waals surface area contributed by atoms with Crippen molar-refractivity contribution in [3.05, 3.63) is 136 Å². The zero-order valence-electron chi connectivity index (χ0n) is 21.4. The fourth-order valence-corrected chi connectivity index (χ4v) is 5.33. The quantitative estimate of drug-likeness (QED) is 0.267. The lowest BCUT2D eigenvalue weighted by Gasteiger charge is -2.20. The standard InChI is InChI=1S/C32H26F3N3O2/c33-32(34,35)40-27-10-5-6-21(16-27)18-36-29-17-23-7-3-4-11-28(23)30(29)22-12-14-26(15-13-22)37-31(39)38-19-24-8-1-2-9-25(24)20-38/h1-17,30,36H,18-20H2,(H,37,39). The second kappa shape index (κ2) is 10.4. The fourth-order valence-electron chi connectivity index (χ4n) is 5.33. The first-order valence-corrected chi connectivity index (χ1v) is 12.9. The number of allylic oxidation sites excluding steroid dienone is 1. The normalized spacial score (nSPS) is 15.7. The summed E-state index contributed by atoms with van der Waals surface area (Å²) in [4.78, 5) is 14.7. The second-order valence-corrected chi connectivity index (χ2v) is 9.89. The monoisotopic (exact) mass is 541 g/mol. The van der Waals surface area contributed by atoms with E-state index in [0.29, 0.717) is 30.9 Å². The number of urea groups is 1. The molecule has 2 amide bonds. The van der Waals surface area contributed by atoms with Gasteiger partial charge in [0.1, 0.15) is 5.75 Å². The summed E-state index contributed by atoms with van der Waals surface area (Å²) in [6.45, 7) is 1.51. The molecule has 0 spiro atoms. The summed E-state index contributed by atoms with van der Waals surface area (Å²) in [6.07, 6.45) is -2.67. The molecule has 1 heterocycles. The van der Waals surface area contributed by atoms with Crippen LogP contribution in [0.15, 0.2) is 103 Å². The van der Waals surface area contributed by atoms with E-state index in [2.05, 4.69) is 27.5 Å². The third-order valence-electron chi connectivity index (χ3n) is 7.18. The topological polar surface area (TPSA) is 53.6 Å². The van der Waals surface area contributed by atoms with E-state index in [4.69, 9.17) is 0 Å². The van der Waals surface area contributed by atoms with Crippen LogP contribution in [0.1, 0.15) is 39.3 Å². The molecular formula is C32H26F3N3O2. The highest BCUT2D eigenvalue weighted by molar-refractivity contribution is 5.89. The van der Waals surface area contributed by atoms with Gasteiger partial charge in [0.05, 0.1) is 0 Å². The Morgan fingerprint density at radius 3 is 2.30 bits per heavy atom. The van der Waals surface area contributed by atoms with Gasteiger partial charge in [-0.2, -0.15) is 0 Å². The van der Waals surface area contributed by atoms with Crippen LogP contribution in [0.2, 0.25) is 0 Å². The molecule has 2 aliphatic rings. The molecule has 0 saturated heterocycles. The molecule has 4 aromatic rings. The van der Waals surface area contributed by atoms with E-state index in [9.17, 15) is 18.0 Å². The highest BCUT2D eigenvalue weighted by Crippen LogP contribution is 2.40. The Bertz CT molecular complexity index is 1560. The highest BCUT2D eigenvalue weighted by atomic mass is 19.4. The molecule has 1 aliphatic carbocycles. The number of rotatable bonds is 6. The molecule has 1 unspecified atom stereocenters. The third-order valence-corrected chi connectivity index (χ3v) is 7.18. The van der Waals surface area contributed by atoms with E-state index in [-0.39, 0.29) is 17.7 Å². The van der Waals surface area contributed by atoms with Gasteiger partial charge in [0.25, 0.3) is 0 Å². The molecule has 0 fully saturated rings. The number of hydrogen-bond acceptors (Lipinski definition) is 3. The molecule has 4 aromatic carbocycles. The lowest BCUT2D eigenvalue weighted by molar-refractivity contribution is -0.274. The number of anilines is 1. The van der Waals surface area contributed by atoms with Crippen LogP contribution in [0.25, 0.3) is 6.08 Å². The maximum Gasteiger partial charge on any atom is 0.573 e. The van der Waals surface area contributed by atoms with Crippen molar-refractivity contribution in [3.8, 4) is 5.75 Å². The number of carbonyl (C=O) groups excluding carboxylic acids is 1. The third kappa shape index (κ3) is 5.52. The number of benzene rings is 4. The van der Waals surface area contributed by atoms with Gasteiger partial charge in [-0.05, 0) is 63.7 Å². The summed E-state index contributed by atoms with van der Waals surface area (Å²) >= 11 is 0. The van der Waals surface area contributed by atoms with Crippen LogP contribution in [0.3, 0.4) is 0 Å². The summed E-state index contributed by atoms with van der Waals surface area (Å²) in [7, 11) is 0. The van der Waals surface area contributed by atoms with Gasteiger partial charge in [0.15, 0.2) is 0 Å². The van der Waals surface area contributed by atoms with Crippen LogP contribution in [0, 0.1) is 0 Å². The average Bonchev–Trinajstić information content (AvgIpc) is 3.53. The number of hydrogen-bond donors (Lipinski definition) is 2. The Labute approximate surface area is 229 Å². The number of carbonyl (C=O) groups is 1. The Morgan fingerprint density at radius 2 is 1.57 bits per heavy atom. The Kier molecular flexibility index (Phi) is 6.67. The molecular weight excluding hydrogens is 515 g/mol. The Hall–Kier alpha value is -4.72. The average molecular weight is 542 g/mol. The van der Waals surface area contributed by atoms with E-state index in [0.717, 1.165) is 22.4 Å². The SMILES string of the molecule is O=C(Nc1ccc(C2C(NCc3cccc(OC(F)(F)F)c3)=Cc3ccccc32)cc1)N1Cc2ccccc2C1. The van der Waals surface area contributed by atoms with E-state index in [1.807, 2.05) is 66.7 Å². The molecule has 0 bridgehead atoms. The van der Waals surface area contributed by atoms with Crippen molar-refractivity contribution < 1.29 is 22.7 Å². The maximum absolute atomic E-state index is 12.9. The van der Waals surface area contributed by atoms with Crippen LogP contribution < -0.4 is 15.4 Å². The van der Waals surface area contributed by atoms with Crippen molar-refractivity contribution in [3.63, 3.8) is 0 Å². The van der Waals surface area contributed by atoms with Crippen molar-refractivity contribution in [2.24, 2.45) is 0 Å². The predicted octanol–water partition coefficient (Wildman–Crippen LogP) is 7.41. The van der Waals surface area contributed by atoms with Crippen molar-refractivity contribution in [1.82, 2.24) is 10.2 Å². The Balaban J connectivity index is 1.16. The van der Waals surface area contributed by atoms with E-state index in [1.54, 1.807) is 17.0 Å². The largest absolute Gasteiger partial charge is 0.573 e. The van der Waals surface area contributed by atoms with Crippen LogP contribution >= 0.6 is 0 Å². The summed E-state index contributed by atoms with van der Waals surface area (Å²) < 4.78 is 42.0. The molecule has 1 aliphatic heterocycles. The maximum atomic E-state index is 12.9. The molecule has 202 valence electrons. The van der Waals surface area contributed by atoms with Crippen LogP contribution in [-0.4, -0.2) is 17.3 Å². The number of ether oxygens (including phenoxy) is 1. The molecule has 0 saturated carbocycles. The van der Waals surface area contributed by atoms with Crippen molar-refractivity contribution >= 4 is 17.8 Å². The second-order valence-electron chi connectivity index (χ2n) is 9.89. The Morgan fingerprint density at radius 1 is 0.875 bits per heavy atom. The number of amides is 2. The van der Waals surface area contributed by atoms with Gasteiger partial charge in [-0.15, -0.1) is 13.2 Å². The molecule has 40 heavy (non-hydrogen) atoms. The minimum absolute atomic E-state index is 0.0800. The number of nitrogens with zero attached hydrogens (tertiary/aromatic N) is 1. The number of fused-ring (bicyclic) bond motifs is 2. The first kappa shape index (κ1) is 25.6. The van der Waals surface area contributed by atoms with Crippen molar-refractivity contribution in [2.45, 2.75) is 31.9 Å². The first-order valence-electron chi connectivity index (χ1n) is 12.9. The van der Waals surface area contributed by atoms with Gasteiger partial charge in [0, 0.05) is 36.9 Å². The van der Waals surface area contributed by atoms with E-state index < -0.39 is 6.36 Å². The first-order chi connectivity index (χ1) is 19.3. The van der Waals surface area contributed by atoms with E-state index >= 15 is 0 Å². The fraction of sp³-hybridized carbons (Fsp3) is 0.156.